The molecule has 3 heteroatoms. The number of rotatable bonds is 3. The summed E-state index contributed by atoms with van der Waals surface area (Å²) in [5.41, 5.74) is 0.982. The minimum absolute atomic E-state index is 0.160. The Morgan fingerprint density at radius 3 is 2.75 bits per heavy atom. The van der Waals surface area contributed by atoms with Crippen molar-refractivity contribution in [3.63, 3.8) is 0 Å². The van der Waals surface area contributed by atoms with E-state index in [1.807, 2.05) is 38.1 Å². The smallest absolute Gasteiger partial charge is 0.317 e. The highest BCUT2D eigenvalue weighted by molar-refractivity contribution is 5.78. The Balaban J connectivity index is 2.40. The normalized spacial score (nSPS) is 23.8. The maximum absolute atomic E-state index is 11.8. The monoisotopic (exact) mass is 220 g/mol. The highest BCUT2D eigenvalue weighted by atomic mass is 16.5. The third kappa shape index (κ3) is 1.83. The molecule has 0 fully saturated rings. The first-order valence-electron chi connectivity index (χ1n) is 5.70. The zero-order valence-electron chi connectivity index (χ0n) is 9.60. The Kier molecular flexibility index (Phi) is 3.25. The molecule has 2 rings (SSSR count). The first-order chi connectivity index (χ1) is 7.77. The molecular formula is C13H16O3. The quantitative estimate of drug-likeness (QED) is 0.580. The Bertz CT molecular complexity index is 387. The van der Waals surface area contributed by atoms with Crippen LogP contribution in [0.15, 0.2) is 24.3 Å². The van der Waals surface area contributed by atoms with Crippen molar-refractivity contribution in [2.75, 3.05) is 6.61 Å². The number of ether oxygens (including phenoxy) is 2. The van der Waals surface area contributed by atoms with E-state index in [4.69, 9.17) is 9.47 Å². The highest BCUT2D eigenvalue weighted by Gasteiger charge is 2.36. The van der Waals surface area contributed by atoms with Crippen LogP contribution in [-0.2, 0) is 9.53 Å². The Hall–Kier alpha value is -1.35. The van der Waals surface area contributed by atoms with E-state index in [0.29, 0.717) is 12.4 Å². The summed E-state index contributed by atoms with van der Waals surface area (Å²) >= 11 is 0. The van der Waals surface area contributed by atoms with Gasteiger partial charge in [0.2, 0.25) is 0 Å². The van der Waals surface area contributed by atoms with E-state index in [-0.39, 0.29) is 18.0 Å². The molecule has 0 aliphatic carbocycles. The van der Waals surface area contributed by atoms with Crippen LogP contribution in [0.4, 0.5) is 0 Å². The van der Waals surface area contributed by atoms with E-state index in [0.717, 1.165) is 12.0 Å². The summed E-state index contributed by atoms with van der Waals surface area (Å²) in [7, 11) is 0. The lowest BCUT2D eigenvalue weighted by Gasteiger charge is -2.30. The van der Waals surface area contributed by atoms with Gasteiger partial charge in [0, 0.05) is 12.2 Å². The zero-order valence-corrected chi connectivity index (χ0v) is 9.60. The van der Waals surface area contributed by atoms with Gasteiger partial charge in [-0.05, 0) is 19.4 Å². The summed E-state index contributed by atoms with van der Waals surface area (Å²) in [5.74, 6) is 0.269. The van der Waals surface area contributed by atoms with Crippen molar-refractivity contribution in [3.8, 4) is 5.75 Å². The molecule has 1 aliphatic heterocycles. The van der Waals surface area contributed by atoms with E-state index in [1.165, 1.54) is 0 Å². The molecule has 0 spiro atoms. The number of hydrogen-bond acceptors (Lipinski definition) is 3. The summed E-state index contributed by atoms with van der Waals surface area (Å²) in [4.78, 5) is 11.8. The maximum Gasteiger partial charge on any atom is 0.317 e. The molecule has 0 radical (unpaired) electrons. The Labute approximate surface area is 95.4 Å². The van der Waals surface area contributed by atoms with Gasteiger partial charge in [0.1, 0.15) is 5.75 Å². The van der Waals surface area contributed by atoms with Gasteiger partial charge in [-0.15, -0.1) is 0 Å². The molecule has 0 unspecified atom stereocenters. The molecule has 0 aromatic heterocycles. The van der Waals surface area contributed by atoms with Crippen molar-refractivity contribution < 1.29 is 14.3 Å². The van der Waals surface area contributed by atoms with Crippen LogP contribution in [0, 0.1) is 5.92 Å². The second-order valence-electron chi connectivity index (χ2n) is 3.85. The third-order valence-electron chi connectivity index (χ3n) is 2.89. The maximum atomic E-state index is 11.8. The van der Waals surface area contributed by atoms with Crippen LogP contribution >= 0.6 is 0 Å². The molecule has 0 bridgehead atoms. The molecule has 16 heavy (non-hydrogen) atoms. The average molecular weight is 220 g/mol. The van der Waals surface area contributed by atoms with Crippen molar-refractivity contribution >= 4 is 5.97 Å². The molecule has 1 aromatic rings. The van der Waals surface area contributed by atoms with E-state index >= 15 is 0 Å². The standard InChI is InChI=1S/C13H16O3/c1-3-9-12(15-4-2)10-7-5-6-8-11(10)16-13(9)14/h5-9,12H,3-4H2,1-2H3/t9-,12+/m1/s1. The number of benzene rings is 1. The fraction of sp³-hybridized carbons (Fsp3) is 0.462. The number of esters is 1. The SMILES string of the molecule is CCO[C@@H]1c2ccccc2OC(=O)[C@@H]1CC. The van der Waals surface area contributed by atoms with Gasteiger partial charge in [0.05, 0.1) is 12.0 Å². The molecule has 2 atom stereocenters. The van der Waals surface area contributed by atoms with E-state index < -0.39 is 0 Å². The first kappa shape index (κ1) is 11.1. The van der Waals surface area contributed by atoms with Gasteiger partial charge >= 0.3 is 5.97 Å². The van der Waals surface area contributed by atoms with Crippen LogP contribution in [-0.4, -0.2) is 12.6 Å². The van der Waals surface area contributed by atoms with Gasteiger partial charge in [0.25, 0.3) is 0 Å². The molecule has 86 valence electrons. The lowest BCUT2D eigenvalue weighted by Crippen LogP contribution is -2.32. The van der Waals surface area contributed by atoms with Gasteiger partial charge < -0.3 is 9.47 Å². The van der Waals surface area contributed by atoms with Crippen LogP contribution in [0.1, 0.15) is 31.9 Å². The first-order valence-corrected chi connectivity index (χ1v) is 5.70. The van der Waals surface area contributed by atoms with E-state index in [9.17, 15) is 4.79 Å². The summed E-state index contributed by atoms with van der Waals surface area (Å²) in [5, 5.41) is 0. The largest absolute Gasteiger partial charge is 0.426 e. The molecule has 3 nitrogen and oxygen atoms in total. The molecule has 0 saturated carbocycles. The number of fused-ring (bicyclic) bond motifs is 1. The molecule has 0 amide bonds. The Morgan fingerprint density at radius 2 is 2.06 bits per heavy atom. The predicted molar refractivity (Wildman–Crippen MR) is 60.2 cm³/mol. The molecule has 1 heterocycles. The second-order valence-corrected chi connectivity index (χ2v) is 3.85. The summed E-state index contributed by atoms with van der Waals surface area (Å²) in [6.07, 6.45) is 0.574. The molecule has 0 N–H and O–H groups in total. The van der Waals surface area contributed by atoms with Gasteiger partial charge in [-0.25, -0.2) is 0 Å². The highest BCUT2D eigenvalue weighted by Crippen LogP contribution is 2.39. The molecular weight excluding hydrogens is 204 g/mol. The number of para-hydroxylation sites is 1. The van der Waals surface area contributed by atoms with Crippen molar-refractivity contribution in [2.24, 2.45) is 5.92 Å². The lowest BCUT2D eigenvalue weighted by atomic mass is 9.90. The number of carbonyl (C=O) groups excluding carboxylic acids is 1. The summed E-state index contributed by atoms with van der Waals surface area (Å²) in [6, 6.07) is 7.58. The fourth-order valence-corrected chi connectivity index (χ4v) is 2.10. The fourth-order valence-electron chi connectivity index (χ4n) is 2.10. The molecule has 1 aromatic carbocycles. The van der Waals surface area contributed by atoms with E-state index in [1.54, 1.807) is 0 Å². The van der Waals surface area contributed by atoms with Crippen LogP contribution in [0.2, 0.25) is 0 Å². The Morgan fingerprint density at radius 1 is 1.31 bits per heavy atom. The minimum atomic E-state index is -0.185. The van der Waals surface area contributed by atoms with Crippen molar-refractivity contribution in [2.45, 2.75) is 26.4 Å². The van der Waals surface area contributed by atoms with E-state index in [2.05, 4.69) is 0 Å². The minimum Gasteiger partial charge on any atom is -0.426 e. The second kappa shape index (κ2) is 4.66. The van der Waals surface area contributed by atoms with Crippen LogP contribution in [0.25, 0.3) is 0 Å². The number of carbonyl (C=O) groups is 1. The van der Waals surface area contributed by atoms with Crippen molar-refractivity contribution in [3.05, 3.63) is 29.8 Å². The van der Waals surface area contributed by atoms with Crippen molar-refractivity contribution in [1.29, 1.82) is 0 Å². The topological polar surface area (TPSA) is 35.5 Å². The van der Waals surface area contributed by atoms with Gasteiger partial charge in [-0.1, -0.05) is 25.1 Å². The van der Waals surface area contributed by atoms with Gasteiger partial charge in [-0.2, -0.15) is 0 Å². The summed E-state index contributed by atoms with van der Waals surface area (Å²) < 4.78 is 11.0. The summed E-state index contributed by atoms with van der Waals surface area (Å²) in [6.45, 7) is 4.52. The predicted octanol–water partition coefficient (Wildman–Crippen LogP) is 2.71. The van der Waals surface area contributed by atoms with Gasteiger partial charge in [0.15, 0.2) is 0 Å². The number of hydrogen-bond donors (Lipinski definition) is 0. The van der Waals surface area contributed by atoms with Crippen molar-refractivity contribution in [1.82, 2.24) is 0 Å². The van der Waals surface area contributed by atoms with Crippen LogP contribution < -0.4 is 4.74 Å². The van der Waals surface area contributed by atoms with Crippen LogP contribution in [0.3, 0.4) is 0 Å². The molecule has 0 saturated heterocycles. The zero-order chi connectivity index (χ0) is 11.5. The average Bonchev–Trinajstić information content (AvgIpc) is 2.29. The molecule has 1 aliphatic rings. The van der Waals surface area contributed by atoms with Gasteiger partial charge in [-0.3, -0.25) is 4.79 Å². The lowest BCUT2D eigenvalue weighted by molar-refractivity contribution is -0.148. The van der Waals surface area contributed by atoms with Crippen LogP contribution in [0.5, 0.6) is 5.75 Å². The third-order valence-corrected chi connectivity index (χ3v) is 2.89.